The molecule has 0 unspecified atom stereocenters. The zero-order chi connectivity index (χ0) is 14.2. The smallest absolute Gasteiger partial charge is 0.326 e. The van der Waals surface area contributed by atoms with Gasteiger partial charge in [-0.25, -0.2) is 18.0 Å². The summed E-state index contributed by atoms with van der Waals surface area (Å²) in [5.74, 6) is -1.09. The molecule has 18 heavy (non-hydrogen) atoms. The van der Waals surface area contributed by atoms with Crippen molar-refractivity contribution in [1.29, 1.82) is 0 Å². The van der Waals surface area contributed by atoms with Crippen LogP contribution in [0, 0.1) is 0 Å². The Morgan fingerprint density at radius 1 is 1.33 bits per heavy atom. The molecule has 2 amide bonds. The zero-order valence-corrected chi connectivity index (χ0v) is 11.4. The van der Waals surface area contributed by atoms with Gasteiger partial charge in [-0.1, -0.05) is 13.3 Å². The highest BCUT2D eigenvalue weighted by Crippen LogP contribution is 1.96. The van der Waals surface area contributed by atoms with Gasteiger partial charge in [0, 0.05) is 12.8 Å². The second-order valence-electron chi connectivity index (χ2n) is 4.06. The summed E-state index contributed by atoms with van der Waals surface area (Å²) in [5.41, 5.74) is 0. The molecule has 0 saturated carbocycles. The number of carbonyl (C=O) groups excluding carboxylic acids is 1. The van der Waals surface area contributed by atoms with Gasteiger partial charge in [0.05, 0.1) is 5.75 Å². The van der Waals surface area contributed by atoms with Crippen LogP contribution >= 0.6 is 0 Å². The molecule has 0 aliphatic heterocycles. The fraction of sp³-hybridized carbons (Fsp3) is 0.800. The van der Waals surface area contributed by atoms with E-state index in [4.69, 9.17) is 5.11 Å². The van der Waals surface area contributed by atoms with Crippen LogP contribution in [0.5, 0.6) is 0 Å². The lowest BCUT2D eigenvalue weighted by Crippen LogP contribution is -2.46. The van der Waals surface area contributed by atoms with Crippen LogP contribution < -0.4 is 10.6 Å². The van der Waals surface area contributed by atoms with Crippen molar-refractivity contribution in [1.82, 2.24) is 10.6 Å². The highest BCUT2D eigenvalue weighted by Gasteiger charge is 2.18. The molecule has 1 atom stereocenters. The lowest BCUT2D eigenvalue weighted by Gasteiger charge is -2.14. The molecule has 0 saturated heterocycles. The molecule has 106 valence electrons. The maximum atomic E-state index is 11.3. The normalized spacial score (nSPS) is 12.8. The number of aliphatic carboxylic acids is 1. The molecule has 3 N–H and O–H groups in total. The number of amides is 2. The lowest BCUT2D eigenvalue weighted by atomic mass is 10.2. The topological polar surface area (TPSA) is 113 Å². The molecule has 0 heterocycles. The number of nitrogens with one attached hydrogen (secondary N) is 2. The van der Waals surface area contributed by atoms with E-state index in [2.05, 4.69) is 10.6 Å². The Morgan fingerprint density at radius 3 is 2.39 bits per heavy atom. The summed E-state index contributed by atoms with van der Waals surface area (Å²) < 4.78 is 21.6. The number of rotatable bonds is 8. The molecule has 0 spiro atoms. The molecule has 8 heteroatoms. The van der Waals surface area contributed by atoms with Gasteiger partial charge in [0.25, 0.3) is 0 Å². The van der Waals surface area contributed by atoms with Crippen LogP contribution in [0.25, 0.3) is 0 Å². The Bertz CT molecular complexity index is 380. The third kappa shape index (κ3) is 8.80. The van der Waals surface area contributed by atoms with Crippen LogP contribution in [-0.2, 0) is 14.6 Å². The SMILES string of the molecule is CCC[C@@H](NC(=O)NCCCS(C)(=O)=O)C(=O)O. The van der Waals surface area contributed by atoms with Gasteiger partial charge >= 0.3 is 12.0 Å². The predicted octanol–water partition coefficient (Wildman–Crippen LogP) is -0.0264. The summed E-state index contributed by atoms with van der Waals surface area (Å²) in [4.78, 5) is 22.1. The second-order valence-corrected chi connectivity index (χ2v) is 6.32. The van der Waals surface area contributed by atoms with Gasteiger partial charge in [-0.3, -0.25) is 0 Å². The molecule has 0 aliphatic carbocycles. The predicted molar refractivity (Wildman–Crippen MR) is 67.2 cm³/mol. The quantitative estimate of drug-likeness (QED) is 0.541. The fourth-order valence-corrected chi connectivity index (χ4v) is 1.96. The molecular weight excluding hydrogens is 260 g/mol. The second kappa shape index (κ2) is 7.91. The van der Waals surface area contributed by atoms with E-state index in [1.807, 2.05) is 6.92 Å². The molecule has 0 fully saturated rings. The van der Waals surface area contributed by atoms with Crippen molar-refractivity contribution in [3.05, 3.63) is 0 Å². The zero-order valence-electron chi connectivity index (χ0n) is 10.6. The van der Waals surface area contributed by atoms with Gasteiger partial charge in [-0.2, -0.15) is 0 Å². The number of hydrogen-bond donors (Lipinski definition) is 3. The summed E-state index contributed by atoms with van der Waals surface area (Å²) in [6.07, 6.45) is 2.42. The molecular formula is C10H20N2O5S. The first-order chi connectivity index (χ1) is 8.26. The van der Waals surface area contributed by atoms with Gasteiger partial charge in [-0.05, 0) is 12.8 Å². The van der Waals surface area contributed by atoms with Gasteiger partial charge in [0.15, 0.2) is 0 Å². The highest BCUT2D eigenvalue weighted by molar-refractivity contribution is 7.90. The van der Waals surface area contributed by atoms with Gasteiger partial charge < -0.3 is 15.7 Å². The molecule has 0 aromatic heterocycles. The Hall–Kier alpha value is -1.31. The van der Waals surface area contributed by atoms with Crippen molar-refractivity contribution in [2.75, 3.05) is 18.6 Å². The Balaban J connectivity index is 3.92. The molecule has 0 aliphatic rings. The summed E-state index contributed by atoms with van der Waals surface area (Å²) in [6.45, 7) is 2.01. The first-order valence-corrected chi connectivity index (χ1v) is 7.77. The third-order valence-electron chi connectivity index (χ3n) is 2.16. The van der Waals surface area contributed by atoms with Gasteiger partial charge in [0.1, 0.15) is 15.9 Å². The first-order valence-electron chi connectivity index (χ1n) is 5.71. The summed E-state index contributed by atoms with van der Waals surface area (Å²) in [6, 6.07) is -1.51. The number of hydrogen-bond acceptors (Lipinski definition) is 4. The minimum Gasteiger partial charge on any atom is -0.480 e. The maximum Gasteiger partial charge on any atom is 0.326 e. The van der Waals surface area contributed by atoms with Crippen molar-refractivity contribution in [2.24, 2.45) is 0 Å². The van der Waals surface area contributed by atoms with Crippen molar-refractivity contribution in [3.63, 3.8) is 0 Å². The van der Waals surface area contributed by atoms with Crippen LogP contribution in [0.15, 0.2) is 0 Å². The van der Waals surface area contributed by atoms with Crippen LogP contribution in [0.2, 0.25) is 0 Å². The molecule has 0 aromatic rings. The molecule has 7 nitrogen and oxygen atoms in total. The number of urea groups is 1. The van der Waals surface area contributed by atoms with E-state index < -0.39 is 27.9 Å². The molecule has 0 aromatic carbocycles. The number of carboxylic acid groups (broad SMARTS) is 1. The fourth-order valence-electron chi connectivity index (χ4n) is 1.29. The standard InChI is InChI=1S/C10H20N2O5S/c1-3-5-8(9(13)14)12-10(15)11-6-4-7-18(2,16)17/h8H,3-7H2,1-2H3,(H,13,14)(H2,11,12,15)/t8-/m1/s1. The number of carbonyl (C=O) groups is 2. The highest BCUT2D eigenvalue weighted by atomic mass is 32.2. The Labute approximate surface area is 107 Å². The van der Waals surface area contributed by atoms with E-state index in [1.54, 1.807) is 0 Å². The molecule has 0 radical (unpaired) electrons. The van der Waals surface area contributed by atoms with Crippen molar-refractivity contribution >= 4 is 21.8 Å². The van der Waals surface area contributed by atoms with Crippen LogP contribution in [0.4, 0.5) is 4.79 Å². The molecule has 0 rings (SSSR count). The van der Waals surface area contributed by atoms with Crippen LogP contribution in [0.3, 0.4) is 0 Å². The van der Waals surface area contributed by atoms with Crippen molar-refractivity contribution in [3.8, 4) is 0 Å². The monoisotopic (exact) mass is 280 g/mol. The average Bonchev–Trinajstić information content (AvgIpc) is 2.22. The van der Waals surface area contributed by atoms with E-state index in [1.165, 1.54) is 0 Å². The summed E-state index contributed by atoms with van der Waals surface area (Å²) >= 11 is 0. The third-order valence-corrected chi connectivity index (χ3v) is 3.19. The maximum absolute atomic E-state index is 11.3. The minimum atomic E-state index is -3.03. The van der Waals surface area contributed by atoms with E-state index >= 15 is 0 Å². The summed E-state index contributed by atoms with van der Waals surface area (Å²) in [7, 11) is -3.03. The van der Waals surface area contributed by atoms with E-state index in [9.17, 15) is 18.0 Å². The van der Waals surface area contributed by atoms with E-state index in [0.717, 1.165) is 6.26 Å². The van der Waals surface area contributed by atoms with Crippen LogP contribution in [-0.4, -0.2) is 50.1 Å². The van der Waals surface area contributed by atoms with Gasteiger partial charge in [0.2, 0.25) is 0 Å². The number of sulfone groups is 1. The lowest BCUT2D eigenvalue weighted by molar-refractivity contribution is -0.139. The Kier molecular flexibility index (Phi) is 7.33. The molecule has 0 bridgehead atoms. The van der Waals surface area contributed by atoms with Crippen molar-refractivity contribution < 1.29 is 23.1 Å². The van der Waals surface area contributed by atoms with Crippen molar-refractivity contribution in [2.45, 2.75) is 32.2 Å². The van der Waals surface area contributed by atoms with Crippen LogP contribution in [0.1, 0.15) is 26.2 Å². The van der Waals surface area contributed by atoms with Gasteiger partial charge in [-0.15, -0.1) is 0 Å². The minimum absolute atomic E-state index is 0.00933. The number of carboxylic acids is 1. The largest absolute Gasteiger partial charge is 0.480 e. The first kappa shape index (κ1) is 16.7. The summed E-state index contributed by atoms with van der Waals surface area (Å²) in [5, 5.41) is 13.5. The average molecular weight is 280 g/mol. The van der Waals surface area contributed by atoms with E-state index in [0.29, 0.717) is 19.3 Å². The Morgan fingerprint density at radius 2 is 1.94 bits per heavy atom. The van der Waals surface area contributed by atoms with E-state index in [-0.39, 0.29) is 12.3 Å².